The molecule has 1 aliphatic heterocycles. The van der Waals surface area contributed by atoms with Crippen molar-refractivity contribution in [1.29, 1.82) is 0 Å². The number of anilines is 1. The normalized spacial score (nSPS) is 14.9. The summed E-state index contributed by atoms with van der Waals surface area (Å²) in [4.78, 5) is 18.2. The first kappa shape index (κ1) is 16.2. The molecule has 0 bridgehead atoms. The van der Waals surface area contributed by atoms with Gasteiger partial charge in [0.1, 0.15) is 5.01 Å². The van der Waals surface area contributed by atoms with Gasteiger partial charge >= 0.3 is 0 Å². The number of nitrogens with one attached hydrogen (secondary N) is 2. The van der Waals surface area contributed by atoms with Crippen molar-refractivity contribution in [3.8, 4) is 10.6 Å². The Bertz CT molecular complexity index is 895. The zero-order valence-corrected chi connectivity index (χ0v) is 15.2. The van der Waals surface area contributed by atoms with Crippen molar-refractivity contribution in [2.75, 3.05) is 25.0 Å². The third-order valence-electron chi connectivity index (χ3n) is 4.68. The summed E-state index contributed by atoms with van der Waals surface area (Å²) in [5.41, 5.74) is 4.23. The minimum atomic E-state index is 0.0973. The van der Waals surface area contributed by atoms with E-state index in [2.05, 4.69) is 30.4 Å². The lowest BCUT2D eigenvalue weighted by atomic mass is 10.2. The van der Waals surface area contributed by atoms with Gasteiger partial charge in [-0.15, -0.1) is 11.3 Å². The molecule has 1 aliphatic rings. The maximum atomic E-state index is 12.1. The second-order valence-corrected chi connectivity index (χ2v) is 7.78. The molecule has 3 aromatic rings. The van der Waals surface area contributed by atoms with Crippen LogP contribution in [0.4, 0.5) is 5.69 Å². The van der Waals surface area contributed by atoms with Crippen LogP contribution < -0.4 is 10.2 Å². The van der Waals surface area contributed by atoms with Crippen LogP contribution in [0.5, 0.6) is 0 Å². The number of quaternary nitrogens is 1. The summed E-state index contributed by atoms with van der Waals surface area (Å²) in [6.07, 6.45) is 2.47. The number of thiazole rings is 1. The first-order valence-corrected chi connectivity index (χ1v) is 9.60. The van der Waals surface area contributed by atoms with E-state index in [4.69, 9.17) is 4.98 Å². The van der Waals surface area contributed by atoms with E-state index < -0.39 is 0 Å². The third kappa shape index (κ3) is 3.72. The van der Waals surface area contributed by atoms with Crippen molar-refractivity contribution in [2.24, 2.45) is 0 Å². The van der Waals surface area contributed by atoms with E-state index in [9.17, 15) is 4.79 Å². The molecular formula is C20H22N3OS+. The highest BCUT2D eigenvalue weighted by atomic mass is 32.1. The molecule has 0 aliphatic carbocycles. The third-order valence-corrected chi connectivity index (χ3v) is 5.75. The van der Waals surface area contributed by atoms with E-state index in [0.717, 1.165) is 34.9 Å². The molecule has 0 spiro atoms. The zero-order chi connectivity index (χ0) is 17.2. The van der Waals surface area contributed by atoms with E-state index in [-0.39, 0.29) is 5.91 Å². The van der Waals surface area contributed by atoms with Gasteiger partial charge in [-0.3, -0.25) is 4.79 Å². The Hall–Kier alpha value is -2.24. The number of aromatic nitrogens is 1. The van der Waals surface area contributed by atoms with Gasteiger partial charge in [0, 0.05) is 24.1 Å². The maximum Gasteiger partial charge on any atom is 0.279 e. The van der Waals surface area contributed by atoms with Gasteiger partial charge in [0.15, 0.2) is 6.54 Å². The first-order chi connectivity index (χ1) is 12.2. The average Bonchev–Trinajstić information content (AvgIpc) is 3.24. The van der Waals surface area contributed by atoms with Crippen molar-refractivity contribution in [2.45, 2.75) is 19.8 Å². The van der Waals surface area contributed by atoms with Crippen molar-refractivity contribution in [3.63, 3.8) is 0 Å². The van der Waals surface area contributed by atoms with Crippen LogP contribution in [-0.2, 0) is 4.79 Å². The summed E-state index contributed by atoms with van der Waals surface area (Å²) in [6.45, 7) is 4.89. The second kappa shape index (κ2) is 6.94. The Kier molecular flexibility index (Phi) is 4.51. The van der Waals surface area contributed by atoms with E-state index in [1.54, 1.807) is 11.3 Å². The molecule has 1 aromatic heterocycles. The topological polar surface area (TPSA) is 46.4 Å². The minimum absolute atomic E-state index is 0.0973. The van der Waals surface area contributed by atoms with Gasteiger partial charge in [0.25, 0.3) is 5.91 Å². The number of likely N-dealkylation sites (tertiary alicyclic amines) is 1. The van der Waals surface area contributed by atoms with Crippen LogP contribution in [0, 0.1) is 6.92 Å². The number of carbonyl (C=O) groups excluding carboxylic acids is 1. The smallest absolute Gasteiger partial charge is 0.279 e. The van der Waals surface area contributed by atoms with Crippen LogP contribution in [0.3, 0.4) is 0 Å². The van der Waals surface area contributed by atoms with Crippen molar-refractivity contribution < 1.29 is 9.69 Å². The van der Waals surface area contributed by atoms with Crippen molar-refractivity contribution >= 4 is 33.1 Å². The largest absolute Gasteiger partial charge is 0.327 e. The Morgan fingerprint density at radius 2 is 1.92 bits per heavy atom. The fraction of sp³-hybridized carbons (Fsp3) is 0.300. The highest BCUT2D eigenvalue weighted by molar-refractivity contribution is 7.21. The molecule has 0 atom stereocenters. The summed E-state index contributed by atoms with van der Waals surface area (Å²) in [5.74, 6) is 0.0973. The van der Waals surface area contributed by atoms with Gasteiger partial charge in [-0.2, -0.15) is 0 Å². The van der Waals surface area contributed by atoms with Gasteiger partial charge in [0.05, 0.1) is 23.3 Å². The average molecular weight is 352 g/mol. The van der Waals surface area contributed by atoms with Crippen molar-refractivity contribution in [3.05, 3.63) is 48.0 Å². The lowest BCUT2D eigenvalue weighted by molar-refractivity contribution is -0.878. The number of fused-ring (bicyclic) bond motifs is 1. The molecule has 128 valence electrons. The van der Waals surface area contributed by atoms with E-state index in [1.165, 1.54) is 28.0 Å². The fourth-order valence-electron chi connectivity index (χ4n) is 3.34. The predicted octanol–water partition coefficient (Wildman–Crippen LogP) is 2.89. The summed E-state index contributed by atoms with van der Waals surface area (Å²) in [5, 5.41) is 4.02. The predicted molar refractivity (Wildman–Crippen MR) is 103 cm³/mol. The monoisotopic (exact) mass is 352 g/mol. The zero-order valence-electron chi connectivity index (χ0n) is 14.3. The summed E-state index contributed by atoms with van der Waals surface area (Å²) in [6, 6.07) is 14.3. The first-order valence-electron chi connectivity index (χ1n) is 8.78. The number of aryl methyl sites for hydroxylation is 1. The molecule has 0 radical (unpaired) electrons. The molecule has 1 fully saturated rings. The van der Waals surface area contributed by atoms with Gasteiger partial charge in [0.2, 0.25) is 0 Å². The van der Waals surface area contributed by atoms with E-state index >= 15 is 0 Å². The number of hydrogen-bond acceptors (Lipinski definition) is 3. The van der Waals surface area contributed by atoms with Gasteiger partial charge < -0.3 is 10.2 Å². The molecule has 5 heteroatoms. The lowest BCUT2D eigenvalue weighted by Crippen LogP contribution is -3.11. The van der Waals surface area contributed by atoms with Crippen LogP contribution in [0.2, 0.25) is 0 Å². The molecule has 2 N–H and O–H groups in total. The SMILES string of the molecule is Cc1ccc2nc(-c3ccc(NC(=O)C[NH+]4CCCC4)cc3)sc2c1. The van der Waals surface area contributed by atoms with E-state index in [0.29, 0.717) is 6.54 Å². The lowest BCUT2D eigenvalue weighted by Gasteiger charge is -2.11. The molecule has 25 heavy (non-hydrogen) atoms. The Morgan fingerprint density at radius 3 is 2.68 bits per heavy atom. The minimum Gasteiger partial charge on any atom is -0.327 e. The highest BCUT2D eigenvalue weighted by Gasteiger charge is 2.18. The van der Waals surface area contributed by atoms with Crippen LogP contribution in [-0.4, -0.2) is 30.5 Å². The number of nitrogens with zero attached hydrogens (tertiary/aromatic N) is 1. The summed E-state index contributed by atoms with van der Waals surface area (Å²) in [7, 11) is 0. The van der Waals surface area contributed by atoms with E-state index in [1.807, 2.05) is 24.3 Å². The molecule has 4 rings (SSSR count). The molecule has 0 unspecified atom stereocenters. The molecule has 0 saturated carbocycles. The van der Waals surface area contributed by atoms with Gasteiger partial charge in [-0.05, 0) is 48.9 Å². The van der Waals surface area contributed by atoms with Gasteiger partial charge in [-0.1, -0.05) is 6.07 Å². The summed E-state index contributed by atoms with van der Waals surface area (Å²) >= 11 is 1.70. The van der Waals surface area contributed by atoms with Crippen LogP contribution >= 0.6 is 11.3 Å². The van der Waals surface area contributed by atoms with Crippen LogP contribution in [0.1, 0.15) is 18.4 Å². The molecule has 2 aromatic carbocycles. The van der Waals surface area contributed by atoms with Crippen LogP contribution in [0.25, 0.3) is 20.8 Å². The Balaban J connectivity index is 1.46. The Morgan fingerprint density at radius 1 is 1.16 bits per heavy atom. The van der Waals surface area contributed by atoms with Crippen molar-refractivity contribution in [1.82, 2.24) is 4.98 Å². The highest BCUT2D eigenvalue weighted by Crippen LogP contribution is 2.31. The number of rotatable bonds is 4. The standard InChI is InChI=1S/C20H21N3OS/c1-14-4-9-17-18(12-14)25-20(22-17)15-5-7-16(8-6-15)21-19(24)13-23-10-2-3-11-23/h4-9,12H,2-3,10-11,13H2,1H3,(H,21,24)/p+1. The molecule has 1 saturated heterocycles. The number of carbonyl (C=O) groups is 1. The molecule has 4 nitrogen and oxygen atoms in total. The number of benzene rings is 2. The van der Waals surface area contributed by atoms with Gasteiger partial charge in [-0.25, -0.2) is 4.98 Å². The second-order valence-electron chi connectivity index (χ2n) is 6.75. The molecule has 1 amide bonds. The number of hydrogen-bond donors (Lipinski definition) is 2. The molecular weight excluding hydrogens is 330 g/mol. The number of amides is 1. The van der Waals surface area contributed by atoms with Crippen LogP contribution in [0.15, 0.2) is 42.5 Å². The maximum absolute atomic E-state index is 12.1. The quantitative estimate of drug-likeness (QED) is 0.758. The summed E-state index contributed by atoms with van der Waals surface area (Å²) < 4.78 is 1.21. The molecule has 2 heterocycles. The fourth-order valence-corrected chi connectivity index (χ4v) is 4.40. The Labute approximate surface area is 151 Å².